The van der Waals surface area contributed by atoms with Gasteiger partial charge in [0, 0.05) is 56.1 Å². The van der Waals surface area contributed by atoms with E-state index in [1.165, 1.54) is 10.6 Å². The first-order chi connectivity index (χ1) is 16.5. The van der Waals surface area contributed by atoms with E-state index >= 15 is 0 Å². The molecule has 35 heavy (non-hydrogen) atoms. The van der Waals surface area contributed by atoms with Gasteiger partial charge in [-0.25, -0.2) is 13.2 Å². The van der Waals surface area contributed by atoms with Crippen LogP contribution in [0, 0.1) is 5.92 Å². The number of sulfonamides is 1. The molecule has 2 aromatic carbocycles. The van der Waals surface area contributed by atoms with Gasteiger partial charge in [-0.3, -0.25) is 0 Å². The van der Waals surface area contributed by atoms with E-state index in [9.17, 15) is 13.2 Å². The zero-order valence-electron chi connectivity index (χ0n) is 19.5. The van der Waals surface area contributed by atoms with Gasteiger partial charge in [0.25, 0.3) is 0 Å². The Kier molecular flexibility index (Phi) is 8.08. The van der Waals surface area contributed by atoms with Gasteiger partial charge in [-0.2, -0.15) is 4.31 Å². The lowest BCUT2D eigenvalue weighted by atomic mass is 9.85. The van der Waals surface area contributed by atoms with Crippen molar-refractivity contribution in [1.82, 2.24) is 14.1 Å². The highest BCUT2D eigenvalue weighted by molar-refractivity contribution is 7.88. The summed E-state index contributed by atoms with van der Waals surface area (Å²) in [6.07, 6.45) is 0.995. The van der Waals surface area contributed by atoms with E-state index in [1.807, 2.05) is 36.1 Å². The molecule has 0 aromatic heterocycles. The number of hydrogen-bond donors (Lipinski definition) is 0. The van der Waals surface area contributed by atoms with Crippen molar-refractivity contribution in [2.75, 3.05) is 45.5 Å². The number of carbonyl (C=O) groups is 1. The third-order valence-electron chi connectivity index (χ3n) is 6.72. The first kappa shape index (κ1) is 26.4. The normalized spacial score (nSPS) is 22.3. The van der Waals surface area contributed by atoms with Crippen molar-refractivity contribution in [2.45, 2.75) is 18.9 Å². The minimum Gasteiger partial charge on any atom is -0.490 e. The van der Waals surface area contributed by atoms with Crippen LogP contribution in [0.1, 0.15) is 18.4 Å². The summed E-state index contributed by atoms with van der Waals surface area (Å²) in [7, 11) is -3.27. The zero-order valence-corrected chi connectivity index (χ0v) is 22.6. The van der Waals surface area contributed by atoms with Crippen LogP contribution >= 0.6 is 34.8 Å². The summed E-state index contributed by atoms with van der Waals surface area (Å²) in [6.45, 7) is 4.33. The molecule has 3 atom stereocenters. The van der Waals surface area contributed by atoms with Crippen LogP contribution < -0.4 is 4.74 Å². The number of urea groups is 1. The fourth-order valence-electron chi connectivity index (χ4n) is 4.78. The molecule has 2 aliphatic rings. The Hall–Kier alpha value is -1.71. The molecule has 0 saturated carbocycles. The van der Waals surface area contributed by atoms with Crippen molar-refractivity contribution >= 4 is 50.9 Å². The minimum atomic E-state index is -3.27. The predicted molar refractivity (Wildman–Crippen MR) is 139 cm³/mol. The second-order valence-corrected chi connectivity index (χ2v) is 12.3. The largest absolute Gasteiger partial charge is 0.490 e. The Bertz CT molecular complexity index is 1170. The van der Waals surface area contributed by atoms with Gasteiger partial charge in [-0.15, -0.1) is 0 Å². The van der Waals surface area contributed by atoms with E-state index < -0.39 is 10.0 Å². The second-order valence-electron chi connectivity index (χ2n) is 9.06. The quantitative estimate of drug-likeness (QED) is 0.525. The summed E-state index contributed by atoms with van der Waals surface area (Å²) >= 11 is 18.5. The number of carbonyl (C=O) groups excluding carboxylic acids is 1. The fraction of sp³-hybridized carbons (Fsp3) is 0.458. The maximum Gasteiger partial charge on any atom is 0.320 e. The van der Waals surface area contributed by atoms with Gasteiger partial charge in [-0.1, -0.05) is 40.9 Å². The molecule has 0 bridgehead atoms. The Morgan fingerprint density at radius 1 is 0.943 bits per heavy atom. The summed E-state index contributed by atoms with van der Waals surface area (Å²) in [5.41, 5.74) is 0.994. The summed E-state index contributed by atoms with van der Waals surface area (Å²) in [5, 5.41) is 1.58. The molecule has 0 N–H and O–H groups in total. The SMILES string of the molecule is C[C@@H](Oc1ccc(Cl)cc1)[C@@H]1CN(C(=O)N2CCN(S(C)(=O)=O)CC2)C[C@H]1c1ccc(Cl)c(Cl)c1. The average Bonchev–Trinajstić information content (AvgIpc) is 3.27. The molecule has 2 saturated heterocycles. The van der Waals surface area contributed by atoms with Gasteiger partial charge in [0.15, 0.2) is 0 Å². The molecule has 0 spiro atoms. The number of likely N-dealkylation sites (tertiary alicyclic amines) is 1. The maximum atomic E-state index is 13.4. The van der Waals surface area contributed by atoms with Crippen LogP contribution in [-0.4, -0.2) is 80.2 Å². The van der Waals surface area contributed by atoms with E-state index in [2.05, 4.69) is 0 Å². The number of nitrogens with zero attached hydrogens (tertiary/aromatic N) is 3. The first-order valence-corrected chi connectivity index (χ1v) is 14.4. The molecule has 7 nitrogen and oxygen atoms in total. The molecule has 11 heteroatoms. The summed E-state index contributed by atoms with van der Waals surface area (Å²) in [5.74, 6) is 0.703. The molecule has 4 rings (SSSR count). The summed E-state index contributed by atoms with van der Waals surface area (Å²) in [4.78, 5) is 17.0. The number of piperazine rings is 1. The van der Waals surface area contributed by atoms with Crippen LogP contribution in [0.2, 0.25) is 15.1 Å². The molecular formula is C24H28Cl3N3O4S. The van der Waals surface area contributed by atoms with Gasteiger partial charge < -0.3 is 14.5 Å². The molecule has 2 aliphatic heterocycles. The number of rotatable bonds is 5. The van der Waals surface area contributed by atoms with Crippen molar-refractivity contribution in [2.24, 2.45) is 5.92 Å². The minimum absolute atomic E-state index is 0.00387. The Labute approximate surface area is 221 Å². The Morgan fingerprint density at radius 3 is 2.20 bits per heavy atom. The van der Waals surface area contributed by atoms with Crippen molar-refractivity contribution in [3.05, 3.63) is 63.1 Å². The molecule has 2 aromatic rings. The molecule has 0 radical (unpaired) electrons. The number of hydrogen-bond acceptors (Lipinski definition) is 4. The van der Waals surface area contributed by atoms with Crippen molar-refractivity contribution < 1.29 is 17.9 Å². The number of amides is 2. The molecule has 2 fully saturated rings. The second kappa shape index (κ2) is 10.7. The van der Waals surface area contributed by atoms with E-state index in [0.29, 0.717) is 60.1 Å². The third kappa shape index (κ3) is 6.17. The number of benzene rings is 2. The maximum absolute atomic E-state index is 13.4. The van der Waals surface area contributed by atoms with Crippen LogP contribution in [0.4, 0.5) is 4.79 Å². The van der Waals surface area contributed by atoms with Crippen molar-refractivity contribution in [3.8, 4) is 5.75 Å². The van der Waals surface area contributed by atoms with Crippen molar-refractivity contribution in [1.29, 1.82) is 0 Å². The lowest BCUT2D eigenvalue weighted by Crippen LogP contribution is -2.53. The van der Waals surface area contributed by atoms with Gasteiger partial charge in [0.2, 0.25) is 10.0 Å². The third-order valence-corrected chi connectivity index (χ3v) is 9.02. The van der Waals surface area contributed by atoms with E-state index in [4.69, 9.17) is 39.5 Å². The summed E-state index contributed by atoms with van der Waals surface area (Å²) < 4.78 is 31.3. The monoisotopic (exact) mass is 559 g/mol. The molecule has 0 aliphatic carbocycles. The highest BCUT2D eigenvalue weighted by atomic mass is 35.5. The van der Waals surface area contributed by atoms with Crippen LogP contribution in [-0.2, 0) is 10.0 Å². The predicted octanol–water partition coefficient (Wildman–Crippen LogP) is 4.83. The average molecular weight is 561 g/mol. The topological polar surface area (TPSA) is 70.2 Å². The highest BCUT2D eigenvalue weighted by Crippen LogP contribution is 2.39. The van der Waals surface area contributed by atoms with Gasteiger partial charge in [-0.05, 0) is 48.9 Å². The molecule has 0 unspecified atom stereocenters. The molecular weight excluding hydrogens is 533 g/mol. The van der Waals surface area contributed by atoms with Crippen LogP contribution in [0.3, 0.4) is 0 Å². The van der Waals surface area contributed by atoms with Crippen molar-refractivity contribution in [3.63, 3.8) is 0 Å². The number of halogens is 3. The van der Waals surface area contributed by atoms with Crippen LogP contribution in [0.25, 0.3) is 0 Å². The van der Waals surface area contributed by atoms with Crippen LogP contribution in [0.5, 0.6) is 5.75 Å². The lowest BCUT2D eigenvalue weighted by molar-refractivity contribution is 0.129. The zero-order chi connectivity index (χ0) is 25.3. The Balaban J connectivity index is 1.52. The summed E-state index contributed by atoms with van der Waals surface area (Å²) in [6, 6.07) is 12.7. The molecule has 190 valence electrons. The lowest BCUT2D eigenvalue weighted by Gasteiger charge is -2.35. The fourth-order valence-corrected chi connectivity index (χ4v) is 6.04. The van der Waals surface area contributed by atoms with Crippen LogP contribution in [0.15, 0.2) is 42.5 Å². The molecule has 2 amide bonds. The van der Waals surface area contributed by atoms with E-state index in [0.717, 1.165) is 5.56 Å². The van der Waals surface area contributed by atoms with Gasteiger partial charge in [0.05, 0.1) is 16.3 Å². The van der Waals surface area contributed by atoms with E-state index in [1.54, 1.807) is 23.1 Å². The van der Waals surface area contributed by atoms with Gasteiger partial charge in [0.1, 0.15) is 11.9 Å². The standard InChI is InChI=1S/C24H28Cl3N3O4S/c1-16(34-19-6-4-18(25)5-7-19)20-14-29(15-21(20)17-3-8-22(26)23(27)13-17)24(31)28-9-11-30(12-10-28)35(2,32)33/h3-8,13,16,20-21H,9-12,14-15H2,1-2H3/t16-,20+,21+/m1/s1. The highest BCUT2D eigenvalue weighted by Gasteiger charge is 2.42. The Morgan fingerprint density at radius 2 is 1.60 bits per heavy atom. The smallest absolute Gasteiger partial charge is 0.320 e. The van der Waals surface area contributed by atoms with Gasteiger partial charge >= 0.3 is 6.03 Å². The molecule has 2 heterocycles. The van der Waals surface area contributed by atoms with E-state index in [-0.39, 0.29) is 24.0 Å². The first-order valence-electron chi connectivity index (χ1n) is 11.4. The number of ether oxygens (including phenoxy) is 1.